The van der Waals surface area contributed by atoms with Gasteiger partial charge in [0, 0.05) is 110 Å². The zero-order chi connectivity index (χ0) is 60.8. The molecule has 0 saturated heterocycles. The second-order valence-electron chi connectivity index (χ2n) is 21.8. The molecule has 4 atom stereocenters. The molecule has 0 bridgehead atoms. The van der Waals surface area contributed by atoms with Gasteiger partial charge in [-0.05, 0) is 106 Å². The van der Waals surface area contributed by atoms with E-state index in [1.807, 2.05) is 27.7 Å². The number of hydrogen-bond donors (Lipinski definition) is 2. The summed E-state index contributed by atoms with van der Waals surface area (Å²) in [7, 11) is 2.72. The van der Waals surface area contributed by atoms with Crippen LogP contribution in [0.4, 0.5) is 40.8 Å². The first-order valence-electron chi connectivity index (χ1n) is 28.2. The number of benzene rings is 2. The lowest BCUT2D eigenvalue weighted by Crippen LogP contribution is -2.31. The summed E-state index contributed by atoms with van der Waals surface area (Å²) in [5, 5.41) is 16.2. The Morgan fingerprint density at radius 1 is 0.939 bits per heavy atom. The summed E-state index contributed by atoms with van der Waals surface area (Å²) in [5.74, 6) is -9.61. The molecule has 0 spiro atoms. The van der Waals surface area contributed by atoms with Crippen molar-refractivity contribution >= 4 is 50.6 Å². The number of fused-ring (bicyclic) bond motifs is 4. The molecule has 3 aliphatic carbocycles. The molecular formula is C60H80ClF8N7O5S. The molecule has 454 valence electrons. The first-order valence-corrected chi connectivity index (χ1v) is 30.5. The molecule has 2 N–H and O–H groups in total. The number of alkyl halides is 6. The lowest BCUT2D eigenvalue weighted by molar-refractivity contribution is -0.118. The van der Waals surface area contributed by atoms with Crippen LogP contribution in [0.15, 0.2) is 41.2 Å². The van der Waals surface area contributed by atoms with Crippen molar-refractivity contribution in [1.82, 2.24) is 24.3 Å². The minimum atomic E-state index is -3.14. The van der Waals surface area contributed by atoms with Crippen LogP contribution in [0.2, 0.25) is 5.02 Å². The quantitative estimate of drug-likeness (QED) is 0.0369. The van der Waals surface area contributed by atoms with Gasteiger partial charge in [0.25, 0.3) is 17.9 Å². The highest BCUT2D eigenvalue weighted by molar-refractivity contribution is 7.83. The van der Waals surface area contributed by atoms with Crippen molar-refractivity contribution in [1.29, 1.82) is 5.41 Å². The van der Waals surface area contributed by atoms with E-state index in [9.17, 15) is 44.1 Å². The van der Waals surface area contributed by atoms with Crippen LogP contribution < -0.4 is 10.9 Å². The van der Waals surface area contributed by atoms with Crippen LogP contribution in [0, 0.1) is 35.8 Å². The Bertz CT molecular complexity index is 3030. The molecule has 3 aromatic heterocycles. The number of unbranched alkanes of at least 4 members (excludes halogenated alkanes) is 4. The molecule has 8 rings (SSSR count). The van der Waals surface area contributed by atoms with Crippen LogP contribution in [0.3, 0.4) is 0 Å². The number of nitrogens with zero attached hydrogens (tertiary/aromatic N) is 5. The van der Waals surface area contributed by atoms with Gasteiger partial charge in [-0.15, -0.1) is 0 Å². The van der Waals surface area contributed by atoms with Crippen LogP contribution in [0.1, 0.15) is 187 Å². The van der Waals surface area contributed by atoms with E-state index in [4.69, 9.17) is 36.5 Å². The molecule has 0 radical (unpaired) electrons. The largest absolute Gasteiger partial charge is 0.385 e. The number of ketones is 1. The van der Waals surface area contributed by atoms with Crippen molar-refractivity contribution in [2.45, 2.75) is 174 Å². The first-order chi connectivity index (χ1) is 38.8. The Morgan fingerprint density at radius 3 is 2.15 bits per heavy atom. The Labute approximate surface area is 483 Å². The van der Waals surface area contributed by atoms with Crippen molar-refractivity contribution in [3.63, 3.8) is 0 Å². The number of anilines is 1. The van der Waals surface area contributed by atoms with E-state index in [0.717, 1.165) is 23.8 Å². The number of aromatic nitrogens is 5. The molecule has 0 aliphatic heterocycles. The maximum absolute atomic E-state index is 15.1. The van der Waals surface area contributed by atoms with Gasteiger partial charge < -0.3 is 20.2 Å². The summed E-state index contributed by atoms with van der Waals surface area (Å²) >= 11 is 6.68. The fourth-order valence-corrected chi connectivity index (χ4v) is 11.1. The highest BCUT2D eigenvalue weighted by Crippen LogP contribution is 2.68. The third-order valence-corrected chi connectivity index (χ3v) is 15.4. The number of carbonyl (C=O) groups excluding carboxylic acids is 1. The molecule has 3 heterocycles. The number of Topliss-reactive ketones (excluding diaryl/α,β-unsaturated/α-hetero) is 1. The average Bonchev–Trinajstić information content (AvgIpc) is 4.13. The van der Waals surface area contributed by atoms with E-state index in [1.165, 1.54) is 55.7 Å². The Balaban J connectivity index is 0.000000320. The standard InChI is InChI=1S/C39H46ClF4N5O2.C11H10F4N2O.C8H18O.C2H6OS/c1-6-8-30(45)34-23(4)33(10-9-29(34)40)49-37(28(22(3)7-2)19-24-17-26(41)20-27(42)18-24)48-36-35(38(49)50)32(46-15-16-51-5)21-31(47-36)25-11-13-39(43,44)14-12-25;1-4(18)3-17-9-7(8(16-17)10(12)13)5-2-6(5)11(9,14)15;1-3-4-5-6-7-8-9-2;1-4(2)3/h9-10,17-18,20-22,25,28,45H,6-8,11-16,19H2,1-5H3,(H,46,47);5-6,10H,2-3H2,1H3;3-8H2,1-2H3;1-2H3. The molecule has 2 fully saturated rings. The minimum Gasteiger partial charge on any atom is -0.385 e. The van der Waals surface area contributed by atoms with Crippen LogP contribution in [0.5, 0.6) is 0 Å². The number of pyridine rings is 1. The van der Waals surface area contributed by atoms with E-state index in [1.54, 1.807) is 44.9 Å². The molecule has 2 saturated carbocycles. The van der Waals surface area contributed by atoms with Crippen LogP contribution in [0.25, 0.3) is 16.7 Å². The maximum Gasteiger partial charge on any atom is 0.293 e. The van der Waals surface area contributed by atoms with Crippen molar-refractivity contribution in [3.8, 4) is 5.69 Å². The topological polar surface area (TPSA) is 154 Å². The predicted molar refractivity (Wildman–Crippen MR) is 309 cm³/mol. The van der Waals surface area contributed by atoms with Gasteiger partial charge in [-0.1, -0.05) is 77.8 Å². The lowest BCUT2D eigenvalue weighted by Gasteiger charge is -2.29. The fourth-order valence-electron chi connectivity index (χ4n) is 10.8. The molecule has 0 amide bonds. The number of ether oxygens (including phenoxy) is 2. The molecule has 5 aromatic rings. The van der Waals surface area contributed by atoms with E-state index in [2.05, 4.69) is 17.3 Å². The number of methoxy groups -OCH3 is 2. The van der Waals surface area contributed by atoms with Gasteiger partial charge in [0.05, 0.1) is 29.5 Å². The summed E-state index contributed by atoms with van der Waals surface area (Å²) < 4.78 is 133. The van der Waals surface area contributed by atoms with Gasteiger partial charge in [0.2, 0.25) is 5.92 Å². The summed E-state index contributed by atoms with van der Waals surface area (Å²) in [5.41, 5.74) is 2.03. The zero-order valence-electron chi connectivity index (χ0n) is 48.7. The smallest absolute Gasteiger partial charge is 0.293 e. The van der Waals surface area contributed by atoms with Crippen molar-refractivity contribution in [3.05, 3.63) is 109 Å². The minimum absolute atomic E-state index is 0.0266. The van der Waals surface area contributed by atoms with E-state index in [0.29, 0.717) is 76.3 Å². The Kier molecular flexibility index (Phi) is 25.3. The second kappa shape index (κ2) is 30.6. The Hall–Kier alpha value is -5.12. The predicted octanol–water partition coefficient (Wildman–Crippen LogP) is 15.1. The number of nitrogens with one attached hydrogen (secondary N) is 2. The fraction of sp³-hybridized carbons (Fsp3) is 0.600. The number of rotatable bonds is 23. The number of hydrogen-bond acceptors (Lipinski definition) is 10. The van der Waals surface area contributed by atoms with Gasteiger partial charge in [-0.2, -0.15) is 13.9 Å². The average molecular weight is 1200 g/mol. The van der Waals surface area contributed by atoms with Gasteiger partial charge in [0.15, 0.2) is 11.4 Å². The van der Waals surface area contributed by atoms with E-state index in [-0.39, 0.29) is 73.5 Å². The summed E-state index contributed by atoms with van der Waals surface area (Å²) in [6.07, 6.45) is 9.28. The van der Waals surface area contributed by atoms with Crippen molar-refractivity contribution < 1.29 is 53.6 Å². The second-order valence-corrected chi connectivity index (χ2v) is 23.6. The van der Waals surface area contributed by atoms with E-state index < -0.39 is 81.2 Å². The molecule has 82 heavy (non-hydrogen) atoms. The molecule has 12 nitrogen and oxygen atoms in total. The molecule has 22 heteroatoms. The number of halogens is 9. The van der Waals surface area contributed by atoms with E-state index >= 15 is 4.79 Å². The highest BCUT2D eigenvalue weighted by Gasteiger charge is 2.67. The van der Waals surface area contributed by atoms with Crippen molar-refractivity contribution in [2.75, 3.05) is 51.8 Å². The van der Waals surface area contributed by atoms with Gasteiger partial charge in [-0.3, -0.25) is 23.0 Å². The summed E-state index contributed by atoms with van der Waals surface area (Å²) in [6.45, 7) is 12.5. The van der Waals surface area contributed by atoms with Gasteiger partial charge in [-0.25, -0.2) is 36.3 Å². The maximum atomic E-state index is 15.1. The SMILES string of the molecule is CC(=O)Cn1nc(C(F)F)c2c1C(F)(F)C1CC21.CCCC(=N)c1c(Cl)ccc(-n2c(C(Cc3cc(F)cc(F)c3)C(C)CC)nc3nc(C4CCC(F)(F)CC4)cc(NCCOC)c3c2=O)c1C.CCCCCCCOC.CS(C)=O. The summed E-state index contributed by atoms with van der Waals surface area (Å²) in [4.78, 5) is 36.1. The monoisotopic (exact) mass is 1200 g/mol. The normalized spacial score (nSPS) is 17.4. The third kappa shape index (κ3) is 17.3. The highest BCUT2D eigenvalue weighted by atomic mass is 35.5. The van der Waals surface area contributed by atoms with Gasteiger partial charge in [0.1, 0.15) is 34.2 Å². The van der Waals surface area contributed by atoms with Crippen LogP contribution in [-0.2, 0) is 44.0 Å². The number of carbonyl (C=O) groups is 1. The summed E-state index contributed by atoms with van der Waals surface area (Å²) in [6, 6.07) is 8.55. The Morgan fingerprint density at radius 2 is 1.57 bits per heavy atom. The molecule has 3 aliphatic rings. The zero-order valence-corrected chi connectivity index (χ0v) is 50.3. The van der Waals surface area contributed by atoms with Crippen LogP contribution in [-0.4, -0.2) is 92.4 Å². The molecule has 4 unspecified atom stereocenters. The molecular weight excluding hydrogens is 1120 g/mol. The third-order valence-electron chi connectivity index (χ3n) is 15.1. The molecule has 2 aromatic carbocycles. The van der Waals surface area contributed by atoms with Crippen molar-refractivity contribution in [2.24, 2.45) is 11.8 Å². The lowest BCUT2D eigenvalue weighted by atomic mass is 9.84. The van der Waals surface area contributed by atoms with Gasteiger partial charge >= 0.3 is 0 Å². The first kappa shape index (κ1) is 67.7. The van der Waals surface area contributed by atoms with Crippen LogP contribution >= 0.6 is 11.6 Å².